The SMILES string of the molecule is [CH2-]CCCCCCCCCCC.[CH3-].[CH3-].[CH3-].[Mn].[Mo]. The summed E-state index contributed by atoms with van der Waals surface area (Å²) in [6, 6.07) is 0. The van der Waals surface area contributed by atoms with Gasteiger partial charge in [-0.1, -0.05) is 64.7 Å². The fourth-order valence-corrected chi connectivity index (χ4v) is 1.49. The van der Waals surface area contributed by atoms with Crippen molar-refractivity contribution in [2.45, 2.75) is 71.1 Å². The number of rotatable bonds is 9. The van der Waals surface area contributed by atoms with E-state index >= 15 is 0 Å². The van der Waals surface area contributed by atoms with Crippen LogP contribution in [0.4, 0.5) is 0 Å². The Bertz CT molecular complexity index is 67.3. The summed E-state index contributed by atoms with van der Waals surface area (Å²) in [7, 11) is 0. The summed E-state index contributed by atoms with van der Waals surface area (Å²) in [6.45, 7) is 6.12. The number of hydrogen-bond acceptors (Lipinski definition) is 0. The molecule has 0 aromatic heterocycles. The smallest absolute Gasteiger partial charge is 0 e. The van der Waals surface area contributed by atoms with E-state index in [0.717, 1.165) is 6.42 Å². The third-order valence-electron chi connectivity index (χ3n) is 2.35. The van der Waals surface area contributed by atoms with Gasteiger partial charge in [0.1, 0.15) is 0 Å². The topological polar surface area (TPSA) is 0 Å². The molecule has 1 radical (unpaired) electrons. The summed E-state index contributed by atoms with van der Waals surface area (Å²) in [4.78, 5) is 0. The summed E-state index contributed by atoms with van der Waals surface area (Å²) in [5, 5.41) is 0. The maximum atomic E-state index is 3.84. The zero-order valence-electron chi connectivity index (χ0n) is 12.6. The zero-order chi connectivity index (χ0) is 9.07. The molecule has 111 valence electrons. The average Bonchev–Trinajstić information content (AvgIpc) is 2.10. The average molecular weight is 365 g/mol. The van der Waals surface area contributed by atoms with Crippen LogP contribution >= 0.6 is 0 Å². The Kier molecular flexibility index (Phi) is 76.6. The summed E-state index contributed by atoms with van der Waals surface area (Å²) in [5.74, 6) is 0. The molecule has 0 saturated carbocycles. The van der Waals surface area contributed by atoms with Gasteiger partial charge in [0.05, 0.1) is 0 Å². The molecule has 0 aromatic carbocycles. The molecule has 0 unspecified atom stereocenters. The van der Waals surface area contributed by atoms with Gasteiger partial charge in [0.15, 0.2) is 0 Å². The van der Waals surface area contributed by atoms with Crippen LogP contribution in [0.2, 0.25) is 0 Å². The molecule has 2 heteroatoms. The van der Waals surface area contributed by atoms with Crippen LogP contribution in [0.15, 0.2) is 0 Å². The van der Waals surface area contributed by atoms with Crippen molar-refractivity contribution in [1.82, 2.24) is 0 Å². The molecule has 0 aliphatic rings. The molecule has 0 fully saturated rings. The first-order valence-corrected chi connectivity index (χ1v) is 5.71. The Balaban J connectivity index is -0.0000000605. The van der Waals surface area contributed by atoms with Gasteiger partial charge in [-0.05, 0) is 0 Å². The first-order chi connectivity index (χ1) is 5.91. The van der Waals surface area contributed by atoms with Crippen molar-refractivity contribution in [2.24, 2.45) is 0 Å². The van der Waals surface area contributed by atoms with Crippen molar-refractivity contribution in [3.05, 3.63) is 29.2 Å². The monoisotopic (exact) mass is 367 g/mol. The van der Waals surface area contributed by atoms with Crippen LogP contribution < -0.4 is 0 Å². The van der Waals surface area contributed by atoms with Gasteiger partial charge in [0.25, 0.3) is 0 Å². The Morgan fingerprint density at radius 2 is 0.941 bits per heavy atom. The minimum absolute atomic E-state index is 0. The maximum absolute atomic E-state index is 3.84. The van der Waals surface area contributed by atoms with Crippen molar-refractivity contribution in [3.63, 3.8) is 0 Å². The van der Waals surface area contributed by atoms with E-state index in [2.05, 4.69) is 13.8 Å². The van der Waals surface area contributed by atoms with Gasteiger partial charge in [-0.25, -0.2) is 0 Å². The molecule has 0 aliphatic heterocycles. The molecular formula is C15H34MnMo-4. The molecule has 0 aliphatic carbocycles. The molecular weight excluding hydrogens is 331 g/mol. The fraction of sp³-hybridized carbons (Fsp3) is 0.733. The van der Waals surface area contributed by atoms with Crippen molar-refractivity contribution >= 4 is 0 Å². The molecule has 0 heterocycles. The molecule has 0 nitrogen and oxygen atoms in total. The second-order valence-electron chi connectivity index (χ2n) is 3.68. The van der Waals surface area contributed by atoms with Crippen molar-refractivity contribution < 1.29 is 38.1 Å². The van der Waals surface area contributed by atoms with Gasteiger partial charge < -0.3 is 29.2 Å². The molecule has 0 spiro atoms. The molecule has 0 atom stereocenters. The number of unbranched alkanes of at least 4 members (excludes halogenated alkanes) is 9. The standard InChI is InChI=1S/C12H25.3CH3.Mn.Mo/c1-3-5-7-9-11-12-10-8-6-4-2;;;;;/h1,3-12H2,2H3;3*1H3;;/q4*-1;;. The Hall–Kier alpha value is 1.21. The van der Waals surface area contributed by atoms with E-state index in [-0.39, 0.29) is 60.4 Å². The van der Waals surface area contributed by atoms with Gasteiger partial charge in [-0.2, -0.15) is 6.42 Å². The summed E-state index contributed by atoms with van der Waals surface area (Å²) >= 11 is 0. The van der Waals surface area contributed by atoms with Gasteiger partial charge in [-0.3, -0.25) is 0 Å². The predicted molar refractivity (Wildman–Crippen MR) is 76.4 cm³/mol. The summed E-state index contributed by atoms with van der Waals surface area (Å²) in [5.41, 5.74) is 0. The van der Waals surface area contributed by atoms with E-state index in [1.54, 1.807) is 0 Å². The second-order valence-corrected chi connectivity index (χ2v) is 3.68. The van der Waals surface area contributed by atoms with E-state index in [0.29, 0.717) is 0 Å². The predicted octanol–water partition coefficient (Wildman–Crippen LogP) is 6.09. The maximum Gasteiger partial charge on any atom is 0 e. The van der Waals surface area contributed by atoms with Crippen LogP contribution in [-0.2, 0) is 38.1 Å². The van der Waals surface area contributed by atoms with Crippen LogP contribution in [0.5, 0.6) is 0 Å². The fourth-order valence-electron chi connectivity index (χ4n) is 1.49. The molecule has 0 aromatic rings. The first kappa shape index (κ1) is 36.2. The molecule has 0 rings (SSSR count). The van der Waals surface area contributed by atoms with Crippen LogP contribution in [0.25, 0.3) is 0 Å². The Morgan fingerprint density at radius 1 is 0.647 bits per heavy atom. The van der Waals surface area contributed by atoms with E-state index < -0.39 is 0 Å². The molecule has 0 amide bonds. The molecule has 0 bridgehead atoms. The third kappa shape index (κ3) is 38.2. The van der Waals surface area contributed by atoms with Crippen molar-refractivity contribution in [1.29, 1.82) is 0 Å². The molecule has 0 N–H and O–H groups in total. The van der Waals surface area contributed by atoms with Crippen LogP contribution in [0, 0.1) is 29.2 Å². The van der Waals surface area contributed by atoms with Crippen LogP contribution in [0.3, 0.4) is 0 Å². The molecule has 0 saturated heterocycles. The first-order valence-electron chi connectivity index (χ1n) is 5.71. The minimum atomic E-state index is 0. The summed E-state index contributed by atoms with van der Waals surface area (Å²) in [6.07, 6.45) is 13.9. The Labute approximate surface area is 138 Å². The van der Waals surface area contributed by atoms with Crippen molar-refractivity contribution in [2.75, 3.05) is 0 Å². The van der Waals surface area contributed by atoms with E-state index in [4.69, 9.17) is 0 Å². The largest absolute Gasteiger partial charge is 0.358 e. The van der Waals surface area contributed by atoms with Gasteiger partial charge in [-0.15, -0.1) is 0 Å². The van der Waals surface area contributed by atoms with E-state index in [1.807, 2.05) is 0 Å². The van der Waals surface area contributed by atoms with Crippen LogP contribution in [0.1, 0.15) is 71.1 Å². The van der Waals surface area contributed by atoms with Gasteiger partial charge in [0, 0.05) is 38.1 Å². The van der Waals surface area contributed by atoms with Gasteiger partial charge in [0.2, 0.25) is 0 Å². The normalized spacial score (nSPS) is 7.41. The quantitative estimate of drug-likeness (QED) is 0.264. The van der Waals surface area contributed by atoms with Gasteiger partial charge >= 0.3 is 0 Å². The van der Waals surface area contributed by atoms with E-state index in [1.165, 1.54) is 57.8 Å². The third-order valence-corrected chi connectivity index (χ3v) is 2.35. The summed E-state index contributed by atoms with van der Waals surface area (Å²) < 4.78 is 0. The zero-order valence-corrected chi connectivity index (χ0v) is 15.8. The van der Waals surface area contributed by atoms with Crippen LogP contribution in [-0.4, -0.2) is 0 Å². The minimum Gasteiger partial charge on any atom is -0.358 e. The Morgan fingerprint density at radius 3 is 1.24 bits per heavy atom. The van der Waals surface area contributed by atoms with E-state index in [9.17, 15) is 0 Å². The second kappa shape index (κ2) is 36.0. The number of hydrogen-bond donors (Lipinski definition) is 0. The molecule has 17 heavy (non-hydrogen) atoms. The van der Waals surface area contributed by atoms with Crippen molar-refractivity contribution in [3.8, 4) is 0 Å².